The van der Waals surface area contributed by atoms with E-state index in [1.807, 2.05) is 0 Å². The molecule has 5 heteroatoms. The average Bonchev–Trinajstić information content (AvgIpc) is 3.01. The minimum absolute atomic E-state index is 0.0957. The molecule has 4 saturated carbocycles. The second-order valence-corrected chi connectivity index (χ2v) is 11.4. The highest BCUT2D eigenvalue weighted by Gasteiger charge is 2.65. The number of rotatable bonds is 4. The molecule has 29 heavy (non-hydrogen) atoms. The van der Waals surface area contributed by atoms with Gasteiger partial charge < -0.3 is 20.4 Å². The van der Waals surface area contributed by atoms with Crippen LogP contribution in [0.2, 0.25) is 0 Å². The van der Waals surface area contributed by atoms with Crippen molar-refractivity contribution in [2.24, 2.45) is 46.3 Å². The Bertz CT molecular complexity index is 637. The lowest BCUT2D eigenvalue weighted by Crippen LogP contribution is -2.62. The maximum absolute atomic E-state index is 11.5. The zero-order valence-electron chi connectivity index (χ0n) is 18.3. The summed E-state index contributed by atoms with van der Waals surface area (Å²) in [6, 6.07) is 0. The molecule has 166 valence electrons. The fourth-order valence-electron chi connectivity index (χ4n) is 8.68. The first-order chi connectivity index (χ1) is 13.6. The molecule has 5 nitrogen and oxygen atoms in total. The molecule has 4 fully saturated rings. The lowest BCUT2D eigenvalue weighted by Gasteiger charge is -2.63. The monoisotopic (exact) mass is 408 g/mol. The number of hydrogen-bond donors (Lipinski definition) is 4. The summed E-state index contributed by atoms with van der Waals surface area (Å²) < 4.78 is 0. The Morgan fingerprint density at radius 3 is 2.45 bits per heavy atom. The third kappa shape index (κ3) is 3.27. The van der Waals surface area contributed by atoms with E-state index in [0.717, 1.165) is 44.9 Å². The zero-order chi connectivity index (χ0) is 21.1. The number of hydrogen-bond acceptors (Lipinski definition) is 4. The molecular formula is C24H40O5. The summed E-state index contributed by atoms with van der Waals surface area (Å²) in [4.78, 5) is 11.1. The van der Waals surface area contributed by atoms with Crippen molar-refractivity contribution >= 4 is 5.97 Å². The maximum Gasteiger partial charge on any atom is 0.303 e. The van der Waals surface area contributed by atoms with Crippen LogP contribution in [0.15, 0.2) is 0 Å². The Morgan fingerprint density at radius 1 is 1.03 bits per heavy atom. The number of aliphatic carboxylic acids is 1. The van der Waals surface area contributed by atoms with E-state index in [-0.39, 0.29) is 41.3 Å². The highest BCUT2D eigenvalue weighted by atomic mass is 16.4. The molecule has 0 aromatic rings. The molecule has 0 aromatic heterocycles. The molecule has 0 aromatic carbocycles. The largest absolute Gasteiger partial charge is 0.481 e. The Balaban J connectivity index is 1.61. The highest BCUT2D eigenvalue weighted by Crippen LogP contribution is 2.68. The van der Waals surface area contributed by atoms with Crippen molar-refractivity contribution in [2.45, 2.75) is 96.9 Å². The molecule has 0 aliphatic heterocycles. The van der Waals surface area contributed by atoms with E-state index in [2.05, 4.69) is 20.8 Å². The summed E-state index contributed by atoms with van der Waals surface area (Å²) in [6.45, 7) is 6.72. The van der Waals surface area contributed by atoms with Crippen molar-refractivity contribution < 1.29 is 25.2 Å². The second-order valence-electron chi connectivity index (χ2n) is 11.4. The molecular weight excluding hydrogens is 368 g/mol. The van der Waals surface area contributed by atoms with E-state index >= 15 is 0 Å². The van der Waals surface area contributed by atoms with Crippen molar-refractivity contribution in [1.29, 1.82) is 0 Å². The summed E-state index contributed by atoms with van der Waals surface area (Å²) in [5.74, 6) is 0.997. The fraction of sp³-hybridized carbons (Fsp3) is 0.958. The fourth-order valence-corrected chi connectivity index (χ4v) is 8.68. The van der Waals surface area contributed by atoms with Crippen molar-refractivity contribution in [3.63, 3.8) is 0 Å². The van der Waals surface area contributed by atoms with Gasteiger partial charge in [-0.25, -0.2) is 0 Å². The Morgan fingerprint density at radius 2 is 1.76 bits per heavy atom. The van der Waals surface area contributed by atoms with Crippen LogP contribution in [0.1, 0.15) is 78.6 Å². The van der Waals surface area contributed by atoms with Crippen LogP contribution in [-0.4, -0.2) is 44.7 Å². The standard InChI is InChI=1S/C24H40O5/c1-13(4-7-21(28)29)16-5-6-17-22-18(12-20(27)24(16,17)3)23(2)9-8-15(25)10-14(23)11-19(22)26/h13-20,22,25-27H,4-12H2,1-3H3,(H,28,29)/t13-,14+,15-,16-,17?,18-,19-,20+,22-,23+,24-/m1/s1. The van der Waals surface area contributed by atoms with Gasteiger partial charge in [0.15, 0.2) is 0 Å². The number of carboxylic acid groups (broad SMARTS) is 1. The van der Waals surface area contributed by atoms with E-state index in [4.69, 9.17) is 5.11 Å². The zero-order valence-corrected chi connectivity index (χ0v) is 18.3. The molecule has 0 amide bonds. The number of carboxylic acids is 1. The summed E-state index contributed by atoms with van der Waals surface area (Å²) >= 11 is 0. The number of aliphatic hydroxyl groups is 3. The summed E-state index contributed by atoms with van der Waals surface area (Å²) in [7, 11) is 0. The van der Waals surface area contributed by atoms with Gasteiger partial charge >= 0.3 is 5.97 Å². The van der Waals surface area contributed by atoms with Gasteiger partial charge in [-0.3, -0.25) is 4.79 Å². The van der Waals surface area contributed by atoms with E-state index < -0.39 is 12.1 Å². The van der Waals surface area contributed by atoms with Crippen molar-refractivity contribution in [3.8, 4) is 0 Å². The SMILES string of the molecule is C[C@H](CCC(=O)O)[C@H]1CCC2[C@H]3[C@H](O)C[C@@H]4C[C@H](O)CC[C@]4(C)[C@@H]3C[C@H](O)[C@@]21C. The summed E-state index contributed by atoms with van der Waals surface area (Å²) in [6.07, 6.45) is 6.00. The number of carbonyl (C=O) groups is 1. The maximum atomic E-state index is 11.5. The van der Waals surface area contributed by atoms with Crippen molar-refractivity contribution in [3.05, 3.63) is 0 Å². The van der Waals surface area contributed by atoms with Crippen LogP contribution in [-0.2, 0) is 4.79 Å². The third-order valence-electron chi connectivity index (χ3n) is 10.3. The molecule has 0 heterocycles. The van der Waals surface area contributed by atoms with Gasteiger partial charge in [-0.1, -0.05) is 20.8 Å². The minimum atomic E-state index is -0.748. The normalized spacial score (nSPS) is 52.9. The van der Waals surface area contributed by atoms with Gasteiger partial charge in [0.25, 0.3) is 0 Å². The lowest BCUT2D eigenvalue weighted by atomic mass is 9.43. The molecule has 1 unspecified atom stereocenters. The van der Waals surface area contributed by atoms with Gasteiger partial charge in [0.05, 0.1) is 18.3 Å². The van der Waals surface area contributed by atoms with Gasteiger partial charge in [-0.05, 0) is 97.7 Å². The van der Waals surface area contributed by atoms with Crippen LogP contribution in [0.4, 0.5) is 0 Å². The predicted molar refractivity (Wildman–Crippen MR) is 110 cm³/mol. The van der Waals surface area contributed by atoms with E-state index in [0.29, 0.717) is 30.1 Å². The Labute approximate surface area is 174 Å². The van der Waals surface area contributed by atoms with Crippen LogP contribution in [0.25, 0.3) is 0 Å². The van der Waals surface area contributed by atoms with Crippen LogP contribution in [0.3, 0.4) is 0 Å². The first-order valence-electron chi connectivity index (χ1n) is 11.8. The van der Waals surface area contributed by atoms with Crippen molar-refractivity contribution in [2.75, 3.05) is 0 Å². The van der Waals surface area contributed by atoms with E-state index in [9.17, 15) is 20.1 Å². The first kappa shape index (κ1) is 21.6. The van der Waals surface area contributed by atoms with E-state index in [1.165, 1.54) is 0 Å². The molecule has 4 N–H and O–H groups in total. The van der Waals surface area contributed by atoms with Crippen LogP contribution in [0, 0.1) is 46.3 Å². The van der Waals surface area contributed by atoms with Gasteiger partial charge in [-0.15, -0.1) is 0 Å². The summed E-state index contributed by atoms with van der Waals surface area (Å²) in [5.41, 5.74) is -0.143. The average molecular weight is 409 g/mol. The first-order valence-corrected chi connectivity index (χ1v) is 11.8. The smallest absolute Gasteiger partial charge is 0.303 e. The van der Waals surface area contributed by atoms with Gasteiger partial charge in [0, 0.05) is 6.42 Å². The lowest BCUT2D eigenvalue weighted by molar-refractivity contribution is -0.207. The van der Waals surface area contributed by atoms with Crippen molar-refractivity contribution in [1.82, 2.24) is 0 Å². The van der Waals surface area contributed by atoms with Gasteiger partial charge in [0.1, 0.15) is 0 Å². The molecule has 4 rings (SSSR count). The molecule has 4 aliphatic carbocycles. The quantitative estimate of drug-likeness (QED) is 0.571. The second kappa shape index (κ2) is 7.49. The van der Waals surface area contributed by atoms with Gasteiger partial charge in [0.2, 0.25) is 0 Å². The number of aliphatic hydroxyl groups excluding tert-OH is 3. The predicted octanol–water partition coefficient (Wildman–Crippen LogP) is 3.45. The molecule has 11 atom stereocenters. The highest BCUT2D eigenvalue weighted by molar-refractivity contribution is 5.66. The topological polar surface area (TPSA) is 98.0 Å². The molecule has 0 saturated heterocycles. The van der Waals surface area contributed by atoms with Crippen LogP contribution < -0.4 is 0 Å². The Hall–Kier alpha value is -0.650. The Kier molecular flexibility index (Phi) is 5.57. The third-order valence-corrected chi connectivity index (χ3v) is 10.3. The van der Waals surface area contributed by atoms with Gasteiger partial charge in [-0.2, -0.15) is 0 Å². The number of fused-ring (bicyclic) bond motifs is 5. The van der Waals surface area contributed by atoms with Crippen LogP contribution in [0.5, 0.6) is 0 Å². The van der Waals surface area contributed by atoms with Crippen LogP contribution >= 0.6 is 0 Å². The molecule has 4 aliphatic rings. The molecule has 0 bridgehead atoms. The summed E-state index contributed by atoms with van der Waals surface area (Å²) in [5, 5.41) is 42.0. The molecule has 0 spiro atoms. The minimum Gasteiger partial charge on any atom is -0.481 e. The van der Waals surface area contributed by atoms with E-state index in [1.54, 1.807) is 0 Å². The molecule has 0 radical (unpaired) electrons.